The largest absolute Gasteiger partial charge is 0.244 e. The number of rotatable bonds is 3. The first-order chi connectivity index (χ1) is 11.2. The van der Waals surface area contributed by atoms with Crippen LogP contribution < -0.4 is 0 Å². The molecule has 0 bridgehead atoms. The third kappa shape index (κ3) is 3.31. The second-order valence-electron chi connectivity index (χ2n) is 4.72. The molecule has 3 rings (SSSR count). The number of benzene rings is 1. The van der Waals surface area contributed by atoms with Crippen LogP contribution in [0.2, 0.25) is 0 Å². The van der Waals surface area contributed by atoms with Crippen LogP contribution in [0.25, 0.3) is 11.0 Å². The molecule has 0 N–H and O–H groups in total. The summed E-state index contributed by atoms with van der Waals surface area (Å²) >= 11 is 0. The number of fused-ring (bicyclic) bond motifs is 1. The molecule has 1 aromatic carbocycles. The van der Waals surface area contributed by atoms with Crippen molar-refractivity contribution < 1.29 is 13.2 Å². The molecule has 0 spiro atoms. The number of aryl methyl sites for hydroxylation is 1. The van der Waals surface area contributed by atoms with Gasteiger partial charge in [-0.25, -0.2) is 18.2 Å². The van der Waals surface area contributed by atoms with Crippen molar-refractivity contribution in [2.45, 2.75) is 19.6 Å². The summed E-state index contributed by atoms with van der Waals surface area (Å²) in [5, 5.41) is 7.96. The number of halogens is 3. The maximum atomic E-state index is 13.5. The molecule has 0 atom stereocenters. The third-order valence-corrected chi connectivity index (χ3v) is 3.08. The summed E-state index contributed by atoms with van der Waals surface area (Å²) in [5.74, 6) is 3.72. The molecule has 2 aromatic heterocycles. The quantitative estimate of drug-likeness (QED) is 0.698. The van der Waals surface area contributed by atoms with E-state index in [1.807, 2.05) is 0 Å². The number of hydrogen-bond acceptors (Lipinski definition) is 3. The van der Waals surface area contributed by atoms with Crippen LogP contribution in [0.15, 0.2) is 30.3 Å². The van der Waals surface area contributed by atoms with Crippen LogP contribution in [0.3, 0.4) is 0 Å². The first kappa shape index (κ1) is 15.0. The smallest absolute Gasteiger partial charge is 0.188 e. The molecule has 0 aliphatic carbocycles. The van der Waals surface area contributed by atoms with Gasteiger partial charge in [-0.15, -0.1) is 0 Å². The van der Waals surface area contributed by atoms with Gasteiger partial charge in [-0.3, -0.25) is 0 Å². The highest BCUT2D eigenvalue weighted by atomic mass is 19.2. The lowest BCUT2D eigenvalue weighted by molar-refractivity contribution is 0.476. The van der Waals surface area contributed by atoms with Crippen LogP contribution in [0, 0.1) is 23.5 Å². The van der Waals surface area contributed by atoms with Crippen molar-refractivity contribution in [3.05, 3.63) is 53.4 Å². The van der Waals surface area contributed by atoms with Gasteiger partial charge >= 0.3 is 0 Å². The predicted octanol–water partition coefficient (Wildman–Crippen LogP) is 3.02. The van der Waals surface area contributed by atoms with Crippen molar-refractivity contribution in [2.24, 2.45) is 0 Å². The average molecular weight is 316 g/mol. The Balaban J connectivity index is 1.69. The van der Waals surface area contributed by atoms with Gasteiger partial charge in [-0.05, 0) is 30.2 Å². The van der Waals surface area contributed by atoms with Gasteiger partial charge in [0.1, 0.15) is 17.9 Å². The van der Waals surface area contributed by atoms with E-state index in [0.717, 1.165) is 6.07 Å². The number of pyridine rings is 1. The van der Waals surface area contributed by atoms with Gasteiger partial charge in [-0.1, -0.05) is 12.0 Å². The zero-order chi connectivity index (χ0) is 16.2. The molecule has 0 aliphatic heterocycles. The standard InChI is InChI=1S/C16H11F3N4/c17-10-12-6-3-5-11(20-12)4-1-2-9-23-21-14-8-7-13(18)15(19)16(14)22-23/h3,5-8H,2,9-10H2. The molecule has 116 valence electrons. The predicted molar refractivity (Wildman–Crippen MR) is 78.0 cm³/mol. The summed E-state index contributed by atoms with van der Waals surface area (Å²) in [7, 11) is 0. The van der Waals surface area contributed by atoms with E-state index < -0.39 is 18.3 Å². The monoisotopic (exact) mass is 316 g/mol. The van der Waals surface area contributed by atoms with Crippen molar-refractivity contribution in [3.8, 4) is 11.8 Å². The lowest BCUT2D eigenvalue weighted by Crippen LogP contribution is -2.01. The molecule has 23 heavy (non-hydrogen) atoms. The highest BCUT2D eigenvalue weighted by Crippen LogP contribution is 2.16. The van der Waals surface area contributed by atoms with Crippen molar-refractivity contribution in [2.75, 3.05) is 0 Å². The minimum atomic E-state index is -1.01. The summed E-state index contributed by atoms with van der Waals surface area (Å²) in [4.78, 5) is 5.29. The highest BCUT2D eigenvalue weighted by Gasteiger charge is 2.11. The Morgan fingerprint density at radius 2 is 1.96 bits per heavy atom. The van der Waals surface area contributed by atoms with Crippen LogP contribution in [-0.2, 0) is 13.2 Å². The Labute approximate surface area is 130 Å². The Hall–Kier alpha value is -2.88. The molecule has 3 aromatic rings. The molecule has 0 fully saturated rings. The fourth-order valence-corrected chi connectivity index (χ4v) is 2.00. The van der Waals surface area contributed by atoms with Crippen molar-refractivity contribution in [1.29, 1.82) is 0 Å². The van der Waals surface area contributed by atoms with Crippen LogP contribution in [-0.4, -0.2) is 20.0 Å². The van der Waals surface area contributed by atoms with Gasteiger partial charge in [-0.2, -0.15) is 15.0 Å². The van der Waals surface area contributed by atoms with Crippen LogP contribution in [0.1, 0.15) is 17.8 Å². The summed E-state index contributed by atoms with van der Waals surface area (Å²) in [6, 6.07) is 7.34. The van der Waals surface area contributed by atoms with Crippen LogP contribution in [0.5, 0.6) is 0 Å². The van der Waals surface area contributed by atoms with Gasteiger partial charge in [0.05, 0.1) is 12.2 Å². The van der Waals surface area contributed by atoms with Crippen molar-refractivity contribution in [1.82, 2.24) is 20.0 Å². The zero-order valence-corrected chi connectivity index (χ0v) is 11.9. The molecule has 0 amide bonds. The SMILES string of the molecule is FCc1cccc(C#CCCn2nc3ccc(F)c(F)c3n2)n1. The molecule has 2 heterocycles. The summed E-state index contributed by atoms with van der Waals surface area (Å²) in [5.41, 5.74) is 0.991. The van der Waals surface area contributed by atoms with E-state index in [2.05, 4.69) is 27.0 Å². The number of nitrogens with zero attached hydrogens (tertiary/aromatic N) is 4. The van der Waals surface area contributed by atoms with Crippen molar-refractivity contribution >= 4 is 11.0 Å². The van der Waals surface area contributed by atoms with Gasteiger partial charge in [0.25, 0.3) is 0 Å². The molecule has 0 saturated heterocycles. The number of hydrogen-bond donors (Lipinski definition) is 0. The molecule has 0 aliphatic rings. The minimum absolute atomic E-state index is 0.102. The fourth-order valence-electron chi connectivity index (χ4n) is 2.00. The van der Waals surface area contributed by atoms with Crippen LogP contribution in [0.4, 0.5) is 13.2 Å². The first-order valence-corrected chi connectivity index (χ1v) is 6.87. The molecule has 7 heteroatoms. The van der Waals surface area contributed by atoms with Gasteiger partial charge < -0.3 is 0 Å². The van der Waals surface area contributed by atoms with Gasteiger partial charge in [0, 0.05) is 6.42 Å². The van der Waals surface area contributed by atoms with Gasteiger partial charge in [0.2, 0.25) is 0 Å². The van der Waals surface area contributed by atoms with Crippen molar-refractivity contribution in [3.63, 3.8) is 0 Å². The number of aromatic nitrogens is 4. The second-order valence-corrected chi connectivity index (χ2v) is 4.72. The van der Waals surface area contributed by atoms with E-state index in [-0.39, 0.29) is 11.0 Å². The Kier molecular flexibility index (Phi) is 4.24. The van der Waals surface area contributed by atoms with E-state index in [1.165, 1.54) is 10.9 Å². The zero-order valence-electron chi connectivity index (χ0n) is 11.9. The lowest BCUT2D eigenvalue weighted by atomic mass is 10.3. The Morgan fingerprint density at radius 1 is 1.09 bits per heavy atom. The third-order valence-electron chi connectivity index (χ3n) is 3.08. The van der Waals surface area contributed by atoms with Crippen LogP contribution >= 0.6 is 0 Å². The second kappa shape index (κ2) is 6.48. The van der Waals surface area contributed by atoms with Gasteiger partial charge in [0.15, 0.2) is 17.2 Å². The van der Waals surface area contributed by atoms with E-state index in [9.17, 15) is 13.2 Å². The highest BCUT2D eigenvalue weighted by molar-refractivity contribution is 5.74. The molecular formula is C16H11F3N4. The Bertz CT molecular complexity index is 909. The topological polar surface area (TPSA) is 43.6 Å². The molecule has 0 saturated carbocycles. The lowest BCUT2D eigenvalue weighted by Gasteiger charge is -1.94. The van der Waals surface area contributed by atoms with E-state index >= 15 is 0 Å². The maximum Gasteiger partial charge on any atom is 0.188 e. The Morgan fingerprint density at radius 3 is 2.78 bits per heavy atom. The average Bonchev–Trinajstić information content (AvgIpc) is 2.99. The molecule has 0 unspecified atom stereocenters. The van der Waals surface area contributed by atoms with E-state index in [4.69, 9.17) is 0 Å². The molecular weight excluding hydrogens is 305 g/mol. The minimum Gasteiger partial charge on any atom is -0.244 e. The number of alkyl halides is 1. The fraction of sp³-hybridized carbons (Fsp3) is 0.188. The first-order valence-electron chi connectivity index (χ1n) is 6.87. The summed E-state index contributed by atoms with van der Waals surface area (Å²) in [6.07, 6.45) is 0.395. The summed E-state index contributed by atoms with van der Waals surface area (Å²) in [6.45, 7) is -0.313. The summed E-state index contributed by atoms with van der Waals surface area (Å²) < 4.78 is 39.1. The van der Waals surface area contributed by atoms with E-state index in [0.29, 0.717) is 24.4 Å². The maximum absolute atomic E-state index is 13.5. The molecule has 4 nitrogen and oxygen atoms in total. The van der Waals surface area contributed by atoms with E-state index in [1.54, 1.807) is 18.2 Å². The molecule has 0 radical (unpaired) electrons. The normalized spacial score (nSPS) is 10.6.